The van der Waals surface area contributed by atoms with E-state index in [0.717, 1.165) is 0 Å². The van der Waals surface area contributed by atoms with E-state index in [1.165, 1.54) is 16.4 Å². The van der Waals surface area contributed by atoms with Crippen LogP contribution in [0.15, 0.2) is 53.7 Å². The smallest absolute Gasteiger partial charge is 0.412 e. The van der Waals surface area contributed by atoms with Crippen LogP contribution >= 0.6 is 0 Å². The van der Waals surface area contributed by atoms with Gasteiger partial charge in [-0.3, -0.25) is 10.1 Å². The summed E-state index contributed by atoms with van der Waals surface area (Å²) in [5, 5.41) is 16.6. The van der Waals surface area contributed by atoms with E-state index in [1.807, 2.05) is 13.0 Å². The second-order valence-corrected chi connectivity index (χ2v) is 13.3. The van der Waals surface area contributed by atoms with E-state index in [0.29, 0.717) is 60.6 Å². The molecule has 0 spiro atoms. The van der Waals surface area contributed by atoms with Crippen molar-refractivity contribution in [2.45, 2.75) is 65.0 Å². The first kappa shape index (κ1) is 32.1. The number of ether oxygens (including phenoxy) is 1. The number of oxime groups is 1. The van der Waals surface area contributed by atoms with Gasteiger partial charge < -0.3 is 14.7 Å². The summed E-state index contributed by atoms with van der Waals surface area (Å²) in [5.41, 5.74) is 1.53. The van der Waals surface area contributed by atoms with Gasteiger partial charge >= 0.3 is 12.1 Å². The Labute approximate surface area is 250 Å². The number of carboxylic acid groups (broad SMARTS) is 1. The van der Waals surface area contributed by atoms with Gasteiger partial charge in [-0.25, -0.2) is 9.18 Å². The van der Waals surface area contributed by atoms with Crippen molar-refractivity contribution in [2.75, 3.05) is 18.4 Å². The van der Waals surface area contributed by atoms with E-state index >= 15 is 4.39 Å². The van der Waals surface area contributed by atoms with Crippen LogP contribution in [-0.2, 0) is 31.0 Å². The van der Waals surface area contributed by atoms with Gasteiger partial charge in [0, 0.05) is 35.8 Å². The van der Waals surface area contributed by atoms with Crippen LogP contribution in [0.4, 0.5) is 14.9 Å². The van der Waals surface area contributed by atoms with Gasteiger partial charge in [0.15, 0.2) is 5.76 Å². The third-order valence-corrected chi connectivity index (χ3v) is 8.55. The Balaban J connectivity index is 1.44. The molecule has 43 heavy (non-hydrogen) atoms. The van der Waals surface area contributed by atoms with Gasteiger partial charge in [0.25, 0.3) is 10.2 Å². The SMILES string of the molecule is CC1CC=C(c2ccc(NC(=O)OC(C)(C)C)cc2)ON=C1c1ccc(CC(NS(=O)(=O)N2CCCC2)C(=O)O)cc1F. The van der Waals surface area contributed by atoms with Crippen LogP contribution in [0.25, 0.3) is 5.76 Å². The van der Waals surface area contributed by atoms with Crippen LogP contribution in [0.2, 0.25) is 0 Å². The second-order valence-electron chi connectivity index (χ2n) is 11.6. The zero-order valence-corrected chi connectivity index (χ0v) is 25.4. The molecule has 0 radical (unpaired) electrons. The Bertz CT molecular complexity index is 1510. The molecule has 2 aromatic carbocycles. The first-order chi connectivity index (χ1) is 20.2. The number of amides is 1. The number of aliphatic carboxylic acids is 1. The minimum Gasteiger partial charge on any atom is -0.480 e. The second kappa shape index (κ2) is 13.2. The molecule has 11 nitrogen and oxygen atoms in total. The molecule has 0 bridgehead atoms. The Morgan fingerprint density at radius 3 is 2.44 bits per heavy atom. The highest BCUT2D eigenvalue weighted by Crippen LogP contribution is 2.28. The highest BCUT2D eigenvalue weighted by Gasteiger charge is 2.31. The number of carbonyl (C=O) groups excluding carboxylic acids is 1. The topological polar surface area (TPSA) is 147 Å². The number of nitrogens with one attached hydrogen (secondary N) is 2. The van der Waals surface area contributed by atoms with Gasteiger partial charge in [0.05, 0.1) is 5.71 Å². The number of hydrogen-bond donors (Lipinski definition) is 3. The normalized spacial score (nSPS) is 18.6. The van der Waals surface area contributed by atoms with Crippen LogP contribution in [0.1, 0.15) is 63.6 Å². The van der Waals surface area contributed by atoms with E-state index in [1.54, 1.807) is 51.1 Å². The zero-order chi connectivity index (χ0) is 31.4. The Kier molecular flexibility index (Phi) is 9.88. The van der Waals surface area contributed by atoms with Crippen molar-refractivity contribution in [3.05, 3.63) is 71.0 Å². The Hall–Kier alpha value is -3.81. The summed E-state index contributed by atoms with van der Waals surface area (Å²) in [6.45, 7) is 7.89. The minimum absolute atomic E-state index is 0.201. The number of halogens is 1. The number of benzene rings is 2. The molecule has 0 aromatic heterocycles. The molecule has 232 valence electrons. The van der Waals surface area contributed by atoms with E-state index < -0.39 is 39.7 Å². The molecule has 1 saturated heterocycles. The monoisotopic (exact) mass is 616 g/mol. The average Bonchev–Trinajstić information content (AvgIpc) is 3.40. The summed E-state index contributed by atoms with van der Waals surface area (Å²) in [6.07, 6.45) is 2.99. The standard InChI is InChI=1S/C30H37FN4O7S/c1-19-7-14-26(21-9-11-22(12-10-21)32-29(38)41-30(2,3)4)42-33-27(19)23-13-8-20(17-24(23)31)18-25(28(36)37)34-43(39,40)35-15-5-6-16-35/h8-14,17,19,25,34H,5-7,15-16,18H2,1-4H3,(H,32,38)(H,36,37). The highest BCUT2D eigenvalue weighted by molar-refractivity contribution is 7.87. The molecule has 13 heteroatoms. The van der Waals surface area contributed by atoms with Gasteiger partial charge in [0.2, 0.25) is 0 Å². The number of allylic oxidation sites excluding steroid dienone is 1. The molecular formula is C30H37FN4O7S. The zero-order valence-electron chi connectivity index (χ0n) is 24.6. The van der Waals surface area contributed by atoms with Crippen LogP contribution < -0.4 is 10.0 Å². The van der Waals surface area contributed by atoms with Gasteiger partial charge in [0.1, 0.15) is 17.5 Å². The van der Waals surface area contributed by atoms with Crippen LogP contribution in [0, 0.1) is 11.7 Å². The predicted molar refractivity (Wildman–Crippen MR) is 160 cm³/mol. The summed E-state index contributed by atoms with van der Waals surface area (Å²) in [5.74, 6) is -1.71. The molecule has 2 aliphatic rings. The van der Waals surface area contributed by atoms with E-state index in [2.05, 4.69) is 15.2 Å². The average molecular weight is 617 g/mol. The first-order valence-electron chi connectivity index (χ1n) is 14.1. The number of anilines is 1. The maximum atomic E-state index is 15.4. The number of rotatable bonds is 9. The van der Waals surface area contributed by atoms with E-state index in [-0.39, 0.29) is 17.9 Å². The molecule has 0 aliphatic carbocycles. The van der Waals surface area contributed by atoms with E-state index in [9.17, 15) is 23.1 Å². The molecule has 2 aliphatic heterocycles. The molecule has 2 unspecified atom stereocenters. The van der Waals surface area contributed by atoms with Gasteiger partial charge in [-0.05, 0) is 94.5 Å². The fourth-order valence-corrected chi connectivity index (χ4v) is 6.17. The number of carbonyl (C=O) groups is 2. The van der Waals surface area contributed by atoms with Crippen molar-refractivity contribution in [3.8, 4) is 0 Å². The number of hydrogen-bond acceptors (Lipinski definition) is 7. The number of carboxylic acids is 1. The van der Waals surface area contributed by atoms with Crippen molar-refractivity contribution in [1.82, 2.24) is 9.03 Å². The largest absolute Gasteiger partial charge is 0.480 e. The lowest BCUT2D eigenvalue weighted by molar-refractivity contribution is -0.138. The molecule has 2 aromatic rings. The quantitative estimate of drug-likeness (QED) is 0.363. The molecule has 2 heterocycles. The summed E-state index contributed by atoms with van der Waals surface area (Å²) in [4.78, 5) is 29.6. The van der Waals surface area contributed by atoms with Gasteiger partial charge in [-0.2, -0.15) is 17.4 Å². The maximum absolute atomic E-state index is 15.4. The minimum atomic E-state index is -3.97. The third kappa shape index (κ3) is 8.62. The van der Waals surface area contributed by atoms with Crippen molar-refractivity contribution in [3.63, 3.8) is 0 Å². The van der Waals surface area contributed by atoms with Crippen LogP contribution in [-0.4, -0.2) is 60.3 Å². The fourth-order valence-electron chi connectivity index (χ4n) is 4.74. The summed E-state index contributed by atoms with van der Waals surface area (Å²) in [7, 11) is -3.97. The Morgan fingerprint density at radius 2 is 1.84 bits per heavy atom. The Morgan fingerprint density at radius 1 is 1.16 bits per heavy atom. The first-order valence-corrected chi connectivity index (χ1v) is 15.5. The summed E-state index contributed by atoms with van der Waals surface area (Å²) in [6, 6.07) is 9.73. The number of nitrogens with zero attached hydrogens (tertiary/aromatic N) is 2. The summed E-state index contributed by atoms with van der Waals surface area (Å²) < 4.78 is 49.3. The third-order valence-electron chi connectivity index (χ3n) is 6.92. The van der Waals surface area contributed by atoms with Gasteiger partial charge in [-0.1, -0.05) is 18.1 Å². The molecule has 2 atom stereocenters. The lowest BCUT2D eigenvalue weighted by atomic mass is 9.93. The van der Waals surface area contributed by atoms with Crippen molar-refractivity contribution in [1.29, 1.82) is 0 Å². The lowest BCUT2D eigenvalue weighted by Crippen LogP contribution is -2.48. The van der Waals surface area contributed by atoms with Gasteiger partial charge in [-0.15, -0.1) is 0 Å². The van der Waals surface area contributed by atoms with Crippen molar-refractivity contribution in [2.24, 2.45) is 11.1 Å². The molecule has 1 amide bonds. The molecular weight excluding hydrogens is 579 g/mol. The van der Waals surface area contributed by atoms with Crippen LogP contribution in [0.3, 0.4) is 0 Å². The molecule has 0 saturated carbocycles. The van der Waals surface area contributed by atoms with Crippen molar-refractivity contribution >= 4 is 39.4 Å². The molecule has 1 fully saturated rings. The van der Waals surface area contributed by atoms with E-state index in [4.69, 9.17) is 9.57 Å². The predicted octanol–water partition coefficient (Wildman–Crippen LogP) is 4.90. The van der Waals surface area contributed by atoms with Crippen molar-refractivity contribution < 1.29 is 37.1 Å². The maximum Gasteiger partial charge on any atom is 0.412 e. The highest BCUT2D eigenvalue weighted by atomic mass is 32.2. The lowest BCUT2D eigenvalue weighted by Gasteiger charge is -2.20. The molecule has 3 N–H and O–H groups in total. The fraction of sp³-hybridized carbons (Fsp3) is 0.433. The van der Waals surface area contributed by atoms with Crippen LogP contribution in [0.5, 0.6) is 0 Å². The summed E-state index contributed by atoms with van der Waals surface area (Å²) >= 11 is 0. The molecule has 4 rings (SSSR count).